The minimum Gasteiger partial charge on any atom is -0.490 e. The molecule has 3 rings (SSSR count). The van der Waals surface area contributed by atoms with Crippen LogP contribution in [0.1, 0.15) is 46.4 Å². The monoisotopic (exact) mass is 397 g/mol. The second-order valence-corrected chi connectivity index (χ2v) is 7.31. The van der Waals surface area contributed by atoms with Gasteiger partial charge in [0.25, 0.3) is 12.3 Å². The number of amides is 1. The highest BCUT2D eigenvalue weighted by Crippen LogP contribution is 2.31. The lowest BCUT2D eigenvalue weighted by atomic mass is 10.1. The lowest BCUT2D eigenvalue weighted by molar-refractivity contribution is 0.0680. The first-order chi connectivity index (χ1) is 12.8. The van der Waals surface area contributed by atoms with Crippen LogP contribution in [-0.4, -0.2) is 39.8 Å². The van der Waals surface area contributed by atoms with E-state index in [0.717, 1.165) is 24.0 Å². The topological polar surface area (TPSA) is 47.4 Å². The van der Waals surface area contributed by atoms with E-state index >= 15 is 0 Å². The zero-order valence-electron chi connectivity index (χ0n) is 15.5. The number of halogens is 3. The molecular weight excluding hydrogens is 376 g/mol. The molecule has 8 heteroatoms. The maximum Gasteiger partial charge on any atom is 0.282 e. The summed E-state index contributed by atoms with van der Waals surface area (Å²) in [5.74, 6) is 0.160. The van der Waals surface area contributed by atoms with Crippen LogP contribution in [0.3, 0.4) is 0 Å². The van der Waals surface area contributed by atoms with Crippen molar-refractivity contribution >= 4 is 17.5 Å². The van der Waals surface area contributed by atoms with Crippen molar-refractivity contribution in [3.8, 4) is 5.75 Å². The molecule has 27 heavy (non-hydrogen) atoms. The molecule has 0 bridgehead atoms. The number of hydrogen-bond donors (Lipinski definition) is 0. The third-order valence-electron chi connectivity index (χ3n) is 4.73. The lowest BCUT2D eigenvalue weighted by Crippen LogP contribution is -2.39. The normalized spacial score (nSPS) is 17.0. The van der Waals surface area contributed by atoms with E-state index in [1.165, 1.54) is 17.9 Å². The standard InChI is InChI=1S/C19H22ClF2N3O2/c1-11-7-12(2)17(15(20)8-11)27-10-13-5-4-6-25(13)19(26)14-9-24(3)23-16(14)18(21)22/h7-9,13,18H,4-6,10H2,1-3H3. The van der Waals surface area contributed by atoms with Gasteiger partial charge in [0.1, 0.15) is 18.1 Å². The number of carbonyl (C=O) groups is 1. The van der Waals surface area contributed by atoms with E-state index in [-0.39, 0.29) is 18.2 Å². The summed E-state index contributed by atoms with van der Waals surface area (Å²) in [6, 6.07) is 3.61. The van der Waals surface area contributed by atoms with E-state index in [0.29, 0.717) is 17.3 Å². The van der Waals surface area contributed by atoms with Gasteiger partial charge >= 0.3 is 0 Å². The van der Waals surface area contributed by atoms with Gasteiger partial charge in [0.2, 0.25) is 0 Å². The lowest BCUT2D eigenvalue weighted by Gasteiger charge is -2.25. The molecule has 1 aliphatic heterocycles. The number of benzene rings is 1. The van der Waals surface area contributed by atoms with Gasteiger partial charge in [-0.15, -0.1) is 0 Å². The van der Waals surface area contributed by atoms with Crippen molar-refractivity contribution < 1.29 is 18.3 Å². The number of aryl methyl sites for hydroxylation is 3. The molecule has 1 saturated heterocycles. The highest BCUT2D eigenvalue weighted by Gasteiger charge is 2.33. The molecule has 1 aliphatic rings. The maximum atomic E-state index is 13.2. The van der Waals surface area contributed by atoms with Crippen molar-refractivity contribution in [3.05, 3.63) is 45.7 Å². The summed E-state index contributed by atoms with van der Waals surface area (Å²) >= 11 is 6.27. The first-order valence-electron chi connectivity index (χ1n) is 8.80. The number of aromatic nitrogens is 2. The van der Waals surface area contributed by atoms with Crippen molar-refractivity contribution in [1.82, 2.24) is 14.7 Å². The Bertz CT molecular complexity index is 830. The van der Waals surface area contributed by atoms with Gasteiger partial charge in [-0.1, -0.05) is 17.7 Å². The van der Waals surface area contributed by atoms with Crippen molar-refractivity contribution in [2.45, 2.75) is 39.2 Å². The molecule has 1 amide bonds. The fourth-order valence-electron chi connectivity index (χ4n) is 3.53. The quantitative estimate of drug-likeness (QED) is 0.755. The summed E-state index contributed by atoms with van der Waals surface area (Å²) < 4.78 is 33.5. The molecule has 2 heterocycles. The summed E-state index contributed by atoms with van der Waals surface area (Å²) in [7, 11) is 1.52. The van der Waals surface area contributed by atoms with Gasteiger partial charge in [-0.2, -0.15) is 5.10 Å². The second kappa shape index (κ2) is 7.84. The molecule has 2 aromatic rings. The predicted molar refractivity (Wildman–Crippen MR) is 98.6 cm³/mol. The average molecular weight is 398 g/mol. The molecule has 1 aromatic heterocycles. The number of alkyl halides is 2. The molecular formula is C19H22ClF2N3O2. The summed E-state index contributed by atoms with van der Waals surface area (Å²) in [6.45, 7) is 4.63. The van der Waals surface area contributed by atoms with Crippen molar-refractivity contribution in [1.29, 1.82) is 0 Å². The molecule has 0 aliphatic carbocycles. The van der Waals surface area contributed by atoms with Crippen LogP contribution in [-0.2, 0) is 7.05 Å². The van der Waals surface area contributed by atoms with Crippen LogP contribution >= 0.6 is 11.6 Å². The van der Waals surface area contributed by atoms with E-state index in [9.17, 15) is 13.6 Å². The number of rotatable bonds is 5. The Morgan fingerprint density at radius 2 is 2.15 bits per heavy atom. The molecule has 1 atom stereocenters. The molecule has 0 radical (unpaired) electrons. The van der Waals surface area contributed by atoms with Gasteiger partial charge in [-0.25, -0.2) is 8.78 Å². The van der Waals surface area contributed by atoms with Crippen LogP contribution in [0.2, 0.25) is 5.02 Å². The molecule has 0 N–H and O–H groups in total. The fraction of sp³-hybridized carbons (Fsp3) is 0.474. The molecule has 1 aromatic carbocycles. The molecule has 0 spiro atoms. The smallest absolute Gasteiger partial charge is 0.282 e. The van der Waals surface area contributed by atoms with Crippen LogP contribution in [0.5, 0.6) is 5.75 Å². The van der Waals surface area contributed by atoms with Crippen LogP contribution in [0.15, 0.2) is 18.3 Å². The largest absolute Gasteiger partial charge is 0.490 e. The minimum atomic E-state index is -2.79. The van der Waals surface area contributed by atoms with Crippen LogP contribution < -0.4 is 4.74 Å². The summed E-state index contributed by atoms with van der Waals surface area (Å²) in [5.41, 5.74) is 1.43. The molecule has 146 valence electrons. The SMILES string of the molecule is Cc1cc(C)c(OCC2CCCN2C(=O)c2cn(C)nc2C(F)F)c(Cl)c1. The predicted octanol–water partition coefficient (Wildman–Crippen LogP) is 4.31. The summed E-state index contributed by atoms with van der Waals surface area (Å²) in [4.78, 5) is 14.4. The third-order valence-corrected chi connectivity index (χ3v) is 5.01. The second-order valence-electron chi connectivity index (χ2n) is 6.90. The van der Waals surface area contributed by atoms with Gasteiger partial charge < -0.3 is 9.64 Å². The van der Waals surface area contributed by atoms with Crippen LogP contribution in [0.4, 0.5) is 8.78 Å². The number of ether oxygens (including phenoxy) is 1. The Balaban J connectivity index is 1.75. The van der Waals surface area contributed by atoms with E-state index < -0.39 is 18.0 Å². The Morgan fingerprint density at radius 1 is 1.41 bits per heavy atom. The molecule has 0 saturated carbocycles. The van der Waals surface area contributed by atoms with Gasteiger partial charge in [-0.05, 0) is 43.9 Å². The molecule has 1 fully saturated rings. The third kappa shape index (κ3) is 4.08. The van der Waals surface area contributed by atoms with E-state index in [2.05, 4.69) is 5.10 Å². The van der Waals surface area contributed by atoms with E-state index in [1.807, 2.05) is 26.0 Å². The molecule has 5 nitrogen and oxygen atoms in total. The first-order valence-corrected chi connectivity index (χ1v) is 9.18. The van der Waals surface area contributed by atoms with Gasteiger partial charge in [0.15, 0.2) is 0 Å². The number of nitrogens with zero attached hydrogens (tertiary/aromatic N) is 3. The van der Waals surface area contributed by atoms with Crippen molar-refractivity contribution in [3.63, 3.8) is 0 Å². The van der Waals surface area contributed by atoms with Crippen molar-refractivity contribution in [2.75, 3.05) is 13.2 Å². The highest BCUT2D eigenvalue weighted by molar-refractivity contribution is 6.32. The zero-order chi connectivity index (χ0) is 19.7. The van der Waals surface area contributed by atoms with Crippen LogP contribution in [0, 0.1) is 13.8 Å². The average Bonchev–Trinajstić information content (AvgIpc) is 3.19. The zero-order valence-corrected chi connectivity index (χ0v) is 16.3. The minimum absolute atomic E-state index is 0.0519. The fourth-order valence-corrected chi connectivity index (χ4v) is 3.90. The number of likely N-dealkylation sites (tertiary alicyclic amines) is 1. The number of carbonyl (C=O) groups excluding carboxylic acids is 1. The van der Waals surface area contributed by atoms with Gasteiger partial charge in [0, 0.05) is 19.8 Å². The summed E-state index contributed by atoms with van der Waals surface area (Å²) in [6.07, 6.45) is 0.0982. The maximum absolute atomic E-state index is 13.2. The Hall–Kier alpha value is -2.15. The summed E-state index contributed by atoms with van der Waals surface area (Å²) in [5, 5.41) is 4.25. The highest BCUT2D eigenvalue weighted by atomic mass is 35.5. The van der Waals surface area contributed by atoms with E-state index in [4.69, 9.17) is 16.3 Å². The van der Waals surface area contributed by atoms with E-state index in [1.54, 1.807) is 4.90 Å². The van der Waals surface area contributed by atoms with Gasteiger partial charge in [0.05, 0.1) is 16.6 Å². The Labute approximate surface area is 161 Å². The first kappa shape index (κ1) is 19.6. The van der Waals surface area contributed by atoms with Crippen molar-refractivity contribution in [2.24, 2.45) is 7.05 Å². The molecule has 1 unspecified atom stereocenters. The Kier molecular flexibility index (Phi) is 5.69. The Morgan fingerprint density at radius 3 is 2.81 bits per heavy atom. The van der Waals surface area contributed by atoms with Gasteiger partial charge in [-0.3, -0.25) is 9.48 Å². The number of hydrogen-bond acceptors (Lipinski definition) is 3. The van der Waals surface area contributed by atoms with Crippen LogP contribution in [0.25, 0.3) is 0 Å².